The first-order valence-electron chi connectivity index (χ1n) is 5.15. The zero-order chi connectivity index (χ0) is 13.2. The van der Waals surface area contributed by atoms with Crippen molar-refractivity contribution < 1.29 is 17.6 Å². The van der Waals surface area contributed by atoms with Crippen molar-refractivity contribution in [1.29, 1.82) is 0 Å². The molecule has 0 aliphatic carbocycles. The van der Waals surface area contributed by atoms with Crippen LogP contribution in [-0.2, 0) is 10.0 Å². The Morgan fingerprint density at radius 1 is 1.28 bits per heavy atom. The lowest BCUT2D eigenvalue weighted by molar-refractivity contribution is 0.112. The van der Waals surface area contributed by atoms with Gasteiger partial charge in [-0.3, -0.25) is 4.79 Å². The second kappa shape index (κ2) is 4.75. The lowest BCUT2D eigenvalue weighted by atomic mass is 10.1. The van der Waals surface area contributed by atoms with Crippen LogP contribution in [0.25, 0.3) is 11.1 Å². The average Bonchev–Trinajstić information content (AvgIpc) is 2.89. The highest BCUT2D eigenvalue weighted by Gasteiger charge is 2.21. The van der Waals surface area contributed by atoms with Crippen molar-refractivity contribution in [2.75, 3.05) is 7.05 Å². The molecule has 0 spiro atoms. The third-order valence-corrected chi connectivity index (χ3v) is 3.82. The molecule has 1 N–H and O–H groups in total. The summed E-state index contributed by atoms with van der Waals surface area (Å²) in [6, 6.07) is 8.19. The number of hydrogen-bond donors (Lipinski definition) is 1. The first-order valence-corrected chi connectivity index (χ1v) is 6.63. The molecule has 5 nitrogen and oxygen atoms in total. The van der Waals surface area contributed by atoms with Gasteiger partial charge in [-0.2, -0.15) is 0 Å². The molecule has 0 unspecified atom stereocenters. The summed E-state index contributed by atoms with van der Waals surface area (Å²) in [5.74, 6) is 0. The highest BCUT2D eigenvalue weighted by molar-refractivity contribution is 7.89. The Hall–Kier alpha value is -1.92. The van der Waals surface area contributed by atoms with Gasteiger partial charge in [-0.25, -0.2) is 13.1 Å². The molecule has 0 saturated heterocycles. The number of carbonyl (C=O) groups is 1. The molecule has 1 aromatic heterocycles. The minimum absolute atomic E-state index is 0.159. The van der Waals surface area contributed by atoms with E-state index < -0.39 is 10.0 Å². The van der Waals surface area contributed by atoms with Gasteiger partial charge in [0.1, 0.15) is 6.29 Å². The molecule has 1 aromatic carbocycles. The van der Waals surface area contributed by atoms with Crippen molar-refractivity contribution in [3.8, 4) is 11.1 Å². The normalized spacial score (nSPS) is 11.4. The van der Waals surface area contributed by atoms with Crippen molar-refractivity contribution in [1.82, 2.24) is 4.72 Å². The monoisotopic (exact) mass is 265 g/mol. The molecule has 6 heteroatoms. The van der Waals surface area contributed by atoms with E-state index in [2.05, 4.69) is 4.72 Å². The summed E-state index contributed by atoms with van der Waals surface area (Å²) in [7, 11) is -2.35. The van der Waals surface area contributed by atoms with E-state index in [4.69, 9.17) is 4.42 Å². The molecular formula is C12H11NO4S. The van der Waals surface area contributed by atoms with Gasteiger partial charge in [0.05, 0.1) is 6.26 Å². The van der Waals surface area contributed by atoms with Gasteiger partial charge >= 0.3 is 0 Å². The Morgan fingerprint density at radius 3 is 2.72 bits per heavy atom. The molecule has 0 saturated carbocycles. The Balaban J connectivity index is 2.59. The second-order valence-corrected chi connectivity index (χ2v) is 5.36. The van der Waals surface area contributed by atoms with Crippen LogP contribution in [-0.4, -0.2) is 21.8 Å². The first kappa shape index (κ1) is 12.5. The Morgan fingerprint density at radius 2 is 2.06 bits per heavy atom. The van der Waals surface area contributed by atoms with Crippen molar-refractivity contribution >= 4 is 16.3 Å². The van der Waals surface area contributed by atoms with Crippen LogP contribution in [0.2, 0.25) is 0 Å². The van der Waals surface area contributed by atoms with Gasteiger partial charge in [0, 0.05) is 11.1 Å². The largest absolute Gasteiger partial charge is 0.451 e. The third-order valence-electron chi connectivity index (χ3n) is 2.48. The Labute approximate surface area is 104 Å². The lowest BCUT2D eigenvalue weighted by Gasteiger charge is -2.03. The summed E-state index contributed by atoms with van der Waals surface area (Å²) in [6.45, 7) is 0. The minimum Gasteiger partial charge on any atom is -0.451 e. The van der Waals surface area contributed by atoms with Gasteiger partial charge in [-0.1, -0.05) is 18.2 Å². The number of furan rings is 1. The number of aldehydes is 1. The zero-order valence-electron chi connectivity index (χ0n) is 9.58. The predicted octanol–water partition coefficient (Wildman–Crippen LogP) is 1.67. The maximum atomic E-state index is 11.7. The Bertz CT molecular complexity index is 673. The van der Waals surface area contributed by atoms with Crippen LogP contribution >= 0.6 is 0 Å². The van der Waals surface area contributed by atoms with Crippen LogP contribution < -0.4 is 4.72 Å². The maximum absolute atomic E-state index is 11.7. The van der Waals surface area contributed by atoms with Gasteiger partial charge in [-0.05, 0) is 24.7 Å². The summed E-state index contributed by atoms with van der Waals surface area (Å²) in [5, 5.41) is -0.159. The van der Waals surface area contributed by atoms with E-state index in [0.29, 0.717) is 23.0 Å². The first-order chi connectivity index (χ1) is 8.58. The van der Waals surface area contributed by atoms with Crippen molar-refractivity contribution in [3.63, 3.8) is 0 Å². The van der Waals surface area contributed by atoms with E-state index in [0.717, 1.165) is 0 Å². The van der Waals surface area contributed by atoms with Gasteiger partial charge in [-0.15, -0.1) is 0 Å². The lowest BCUT2D eigenvalue weighted by Crippen LogP contribution is -2.18. The smallest absolute Gasteiger partial charge is 0.274 e. The number of sulfonamides is 1. The third kappa shape index (κ3) is 2.20. The van der Waals surface area contributed by atoms with Crippen LogP contribution in [0.1, 0.15) is 10.4 Å². The van der Waals surface area contributed by atoms with E-state index in [1.807, 2.05) is 0 Å². The molecule has 2 rings (SSSR count). The standard InChI is InChI=1S/C12H11NO4S/c1-13-18(15,16)12-11(5-6-17-12)10-4-2-3-9(7-10)8-14/h2-8,13H,1H3. The van der Waals surface area contributed by atoms with Crippen molar-refractivity contribution in [2.45, 2.75) is 5.09 Å². The quantitative estimate of drug-likeness (QED) is 0.853. The highest BCUT2D eigenvalue weighted by atomic mass is 32.2. The average molecular weight is 265 g/mol. The molecule has 1 heterocycles. The summed E-state index contributed by atoms with van der Waals surface area (Å²) in [5.41, 5.74) is 1.51. The molecule has 0 aliphatic heterocycles. The molecular weight excluding hydrogens is 254 g/mol. The molecule has 0 aliphatic rings. The highest BCUT2D eigenvalue weighted by Crippen LogP contribution is 2.28. The van der Waals surface area contributed by atoms with Crippen molar-refractivity contribution in [2.24, 2.45) is 0 Å². The molecule has 0 fully saturated rings. The van der Waals surface area contributed by atoms with E-state index >= 15 is 0 Å². The molecule has 0 bridgehead atoms. The molecule has 2 aromatic rings. The van der Waals surface area contributed by atoms with Gasteiger partial charge < -0.3 is 4.42 Å². The summed E-state index contributed by atoms with van der Waals surface area (Å²) < 4.78 is 30.7. The van der Waals surface area contributed by atoms with Crippen molar-refractivity contribution in [3.05, 3.63) is 42.2 Å². The second-order valence-electron chi connectivity index (χ2n) is 3.57. The zero-order valence-corrected chi connectivity index (χ0v) is 10.4. The fraction of sp³-hybridized carbons (Fsp3) is 0.0833. The van der Waals surface area contributed by atoms with Gasteiger partial charge in [0.15, 0.2) is 0 Å². The van der Waals surface area contributed by atoms with Gasteiger partial charge in [0.25, 0.3) is 10.0 Å². The molecule has 0 amide bonds. The van der Waals surface area contributed by atoms with Crippen LogP contribution in [0, 0.1) is 0 Å². The number of rotatable bonds is 4. The summed E-state index contributed by atoms with van der Waals surface area (Å²) in [6.07, 6.45) is 2.00. The number of hydrogen-bond acceptors (Lipinski definition) is 4. The molecule has 94 valence electrons. The molecule has 18 heavy (non-hydrogen) atoms. The fourth-order valence-corrected chi connectivity index (χ4v) is 2.43. The topological polar surface area (TPSA) is 76.4 Å². The minimum atomic E-state index is -3.66. The predicted molar refractivity (Wildman–Crippen MR) is 65.8 cm³/mol. The van der Waals surface area contributed by atoms with E-state index in [9.17, 15) is 13.2 Å². The Kier molecular flexibility index (Phi) is 3.31. The van der Waals surface area contributed by atoms with Crippen LogP contribution in [0.4, 0.5) is 0 Å². The number of carbonyl (C=O) groups excluding carboxylic acids is 1. The molecule has 0 radical (unpaired) electrons. The van der Waals surface area contributed by atoms with Crippen LogP contribution in [0.5, 0.6) is 0 Å². The van der Waals surface area contributed by atoms with Gasteiger partial charge in [0.2, 0.25) is 5.09 Å². The van der Waals surface area contributed by atoms with E-state index in [1.54, 1.807) is 30.3 Å². The summed E-state index contributed by atoms with van der Waals surface area (Å²) in [4.78, 5) is 10.7. The number of nitrogens with one attached hydrogen (secondary N) is 1. The van der Waals surface area contributed by atoms with E-state index in [-0.39, 0.29) is 5.09 Å². The van der Waals surface area contributed by atoms with Crippen LogP contribution in [0.3, 0.4) is 0 Å². The molecule has 0 atom stereocenters. The fourth-order valence-electron chi connectivity index (χ4n) is 1.59. The van der Waals surface area contributed by atoms with E-state index in [1.165, 1.54) is 13.3 Å². The maximum Gasteiger partial charge on any atom is 0.274 e. The summed E-state index contributed by atoms with van der Waals surface area (Å²) >= 11 is 0. The SMILES string of the molecule is CNS(=O)(=O)c1occc1-c1cccc(C=O)c1. The van der Waals surface area contributed by atoms with Crippen LogP contribution in [0.15, 0.2) is 46.1 Å². The number of benzene rings is 1.